The molecule has 0 aromatic heterocycles. The summed E-state index contributed by atoms with van der Waals surface area (Å²) < 4.78 is 28.6. The first-order valence-electron chi connectivity index (χ1n) is 6.56. The highest BCUT2D eigenvalue weighted by Gasteiger charge is 2.08. The second-order valence-electron chi connectivity index (χ2n) is 4.61. The van der Waals surface area contributed by atoms with Crippen molar-refractivity contribution >= 4 is 10.2 Å². The van der Waals surface area contributed by atoms with Crippen LogP contribution >= 0.6 is 0 Å². The van der Waals surface area contributed by atoms with Crippen LogP contribution in [0.3, 0.4) is 0 Å². The Hall–Kier alpha value is -1.73. The van der Waals surface area contributed by atoms with Gasteiger partial charge in [0.2, 0.25) is 0 Å². The lowest BCUT2D eigenvalue weighted by atomic mass is 10.1. The van der Waals surface area contributed by atoms with Gasteiger partial charge in [-0.1, -0.05) is 54.6 Å². The molecule has 0 aliphatic carbocycles. The molecule has 0 fully saturated rings. The second-order valence-corrected chi connectivity index (χ2v) is 6.19. The predicted molar refractivity (Wildman–Crippen MR) is 81.4 cm³/mol. The normalized spacial score (nSPS) is 11.5. The van der Waals surface area contributed by atoms with E-state index < -0.39 is 10.2 Å². The van der Waals surface area contributed by atoms with Crippen LogP contribution in [0.1, 0.15) is 16.7 Å². The van der Waals surface area contributed by atoms with Crippen molar-refractivity contribution in [3.8, 4) is 0 Å². The first-order chi connectivity index (χ1) is 10.1. The molecule has 2 aromatic rings. The molecule has 6 heteroatoms. The number of aliphatic hydroxyl groups is 1. The monoisotopic (exact) mass is 306 g/mol. The molecule has 0 atom stereocenters. The zero-order valence-electron chi connectivity index (χ0n) is 11.5. The van der Waals surface area contributed by atoms with Crippen LogP contribution in [0.25, 0.3) is 0 Å². The third-order valence-electron chi connectivity index (χ3n) is 2.98. The fourth-order valence-electron chi connectivity index (χ4n) is 1.77. The molecule has 0 unspecified atom stereocenters. The lowest BCUT2D eigenvalue weighted by Crippen LogP contribution is -2.35. The molecule has 0 aliphatic rings. The number of hydrogen-bond acceptors (Lipinski definition) is 3. The van der Waals surface area contributed by atoms with Crippen LogP contribution in [0.15, 0.2) is 54.6 Å². The fourth-order valence-corrected chi connectivity index (χ4v) is 2.58. The van der Waals surface area contributed by atoms with E-state index in [1.54, 1.807) is 24.3 Å². The summed E-state index contributed by atoms with van der Waals surface area (Å²) in [5.74, 6) is 0. The van der Waals surface area contributed by atoms with Gasteiger partial charge < -0.3 is 5.11 Å². The highest BCUT2D eigenvalue weighted by Crippen LogP contribution is 2.04. The quantitative estimate of drug-likeness (QED) is 0.721. The van der Waals surface area contributed by atoms with Crippen LogP contribution in [-0.2, 0) is 29.9 Å². The highest BCUT2D eigenvalue weighted by molar-refractivity contribution is 7.87. The smallest absolute Gasteiger partial charge is 0.277 e. The molecule has 0 saturated carbocycles. The van der Waals surface area contributed by atoms with Crippen molar-refractivity contribution in [2.24, 2.45) is 0 Å². The van der Waals surface area contributed by atoms with Gasteiger partial charge in [0.25, 0.3) is 10.2 Å². The third-order valence-corrected chi connectivity index (χ3v) is 4.03. The number of aliphatic hydroxyl groups excluding tert-OH is 1. The molecule has 112 valence electrons. The van der Waals surface area contributed by atoms with Gasteiger partial charge in [-0.3, -0.25) is 0 Å². The maximum absolute atomic E-state index is 11.8. The van der Waals surface area contributed by atoms with Crippen molar-refractivity contribution in [1.82, 2.24) is 9.44 Å². The van der Waals surface area contributed by atoms with Crippen LogP contribution in [0.2, 0.25) is 0 Å². The summed E-state index contributed by atoms with van der Waals surface area (Å²) >= 11 is 0. The fraction of sp³-hybridized carbons (Fsp3) is 0.200. The molecule has 0 spiro atoms. The number of nitrogens with one attached hydrogen (secondary N) is 2. The highest BCUT2D eigenvalue weighted by atomic mass is 32.2. The van der Waals surface area contributed by atoms with E-state index in [0.29, 0.717) is 0 Å². The van der Waals surface area contributed by atoms with E-state index >= 15 is 0 Å². The Balaban J connectivity index is 1.85. The van der Waals surface area contributed by atoms with E-state index in [9.17, 15) is 8.42 Å². The molecule has 0 bridgehead atoms. The van der Waals surface area contributed by atoms with Gasteiger partial charge in [0.1, 0.15) is 0 Å². The van der Waals surface area contributed by atoms with Crippen molar-refractivity contribution in [2.75, 3.05) is 0 Å². The Morgan fingerprint density at radius 3 is 1.76 bits per heavy atom. The van der Waals surface area contributed by atoms with Gasteiger partial charge in [0.15, 0.2) is 0 Å². The minimum absolute atomic E-state index is 0.0232. The maximum Gasteiger partial charge on any atom is 0.277 e. The van der Waals surface area contributed by atoms with E-state index in [4.69, 9.17) is 5.11 Å². The Morgan fingerprint density at radius 2 is 1.24 bits per heavy atom. The average molecular weight is 306 g/mol. The number of rotatable bonds is 7. The molecule has 2 aromatic carbocycles. The Bertz CT molecular complexity index is 655. The van der Waals surface area contributed by atoms with Gasteiger partial charge in [0, 0.05) is 13.1 Å². The minimum Gasteiger partial charge on any atom is -0.392 e. The Labute approximate surface area is 124 Å². The molecular formula is C15H18N2O3S. The van der Waals surface area contributed by atoms with Crippen LogP contribution < -0.4 is 9.44 Å². The van der Waals surface area contributed by atoms with Crippen molar-refractivity contribution in [3.63, 3.8) is 0 Å². The van der Waals surface area contributed by atoms with E-state index in [-0.39, 0.29) is 19.7 Å². The molecule has 0 aliphatic heterocycles. The zero-order valence-corrected chi connectivity index (χ0v) is 12.3. The molecule has 3 N–H and O–H groups in total. The average Bonchev–Trinajstić information content (AvgIpc) is 2.53. The number of benzene rings is 2. The van der Waals surface area contributed by atoms with Gasteiger partial charge in [-0.2, -0.15) is 17.9 Å². The first kappa shape index (κ1) is 15.7. The SMILES string of the molecule is O=S(=O)(NCc1ccccc1)NCc1ccc(CO)cc1. The zero-order chi connectivity index (χ0) is 15.1. The van der Waals surface area contributed by atoms with E-state index in [1.165, 1.54) is 0 Å². The van der Waals surface area contributed by atoms with E-state index in [1.807, 2.05) is 30.3 Å². The van der Waals surface area contributed by atoms with Gasteiger partial charge in [-0.25, -0.2) is 0 Å². The summed E-state index contributed by atoms with van der Waals surface area (Å²) in [5.41, 5.74) is 2.52. The van der Waals surface area contributed by atoms with Crippen LogP contribution in [-0.4, -0.2) is 13.5 Å². The molecule has 0 amide bonds. The third kappa shape index (κ3) is 5.28. The van der Waals surface area contributed by atoms with E-state index in [0.717, 1.165) is 16.7 Å². The summed E-state index contributed by atoms with van der Waals surface area (Å²) in [7, 11) is -3.54. The van der Waals surface area contributed by atoms with Crippen LogP contribution in [0.4, 0.5) is 0 Å². The Morgan fingerprint density at radius 1 is 0.762 bits per heavy atom. The van der Waals surface area contributed by atoms with Crippen molar-refractivity contribution in [3.05, 3.63) is 71.3 Å². The number of hydrogen-bond donors (Lipinski definition) is 3. The standard InChI is InChI=1S/C15H18N2O3S/c18-12-15-8-6-14(7-9-15)11-17-21(19,20)16-10-13-4-2-1-3-5-13/h1-9,16-18H,10-12H2. The van der Waals surface area contributed by atoms with Crippen molar-refractivity contribution in [2.45, 2.75) is 19.7 Å². The second kappa shape index (κ2) is 7.33. The summed E-state index contributed by atoms with van der Waals surface area (Å²) in [6.07, 6.45) is 0. The molecule has 0 radical (unpaired) electrons. The molecule has 21 heavy (non-hydrogen) atoms. The predicted octanol–water partition coefficient (Wildman–Crippen LogP) is 1.30. The largest absolute Gasteiger partial charge is 0.392 e. The summed E-state index contributed by atoms with van der Waals surface area (Å²) in [6.45, 7) is 0.431. The van der Waals surface area contributed by atoms with Gasteiger partial charge in [-0.05, 0) is 16.7 Å². The summed E-state index contributed by atoms with van der Waals surface area (Å²) in [4.78, 5) is 0. The lowest BCUT2D eigenvalue weighted by molar-refractivity contribution is 0.282. The van der Waals surface area contributed by atoms with Gasteiger partial charge >= 0.3 is 0 Å². The molecule has 0 heterocycles. The first-order valence-corrected chi connectivity index (χ1v) is 8.04. The molecule has 0 saturated heterocycles. The van der Waals surface area contributed by atoms with Crippen molar-refractivity contribution in [1.29, 1.82) is 0 Å². The van der Waals surface area contributed by atoms with E-state index in [2.05, 4.69) is 9.44 Å². The van der Waals surface area contributed by atoms with Crippen LogP contribution in [0.5, 0.6) is 0 Å². The van der Waals surface area contributed by atoms with Gasteiger partial charge in [-0.15, -0.1) is 0 Å². The summed E-state index contributed by atoms with van der Waals surface area (Å²) in [5, 5.41) is 8.94. The minimum atomic E-state index is -3.54. The summed E-state index contributed by atoms with van der Waals surface area (Å²) in [6, 6.07) is 16.4. The lowest BCUT2D eigenvalue weighted by Gasteiger charge is -2.09. The Kier molecular flexibility index (Phi) is 5.46. The van der Waals surface area contributed by atoms with Crippen molar-refractivity contribution < 1.29 is 13.5 Å². The molecule has 2 rings (SSSR count). The topological polar surface area (TPSA) is 78.4 Å². The molecule has 5 nitrogen and oxygen atoms in total. The van der Waals surface area contributed by atoms with Crippen LogP contribution in [0, 0.1) is 0 Å². The molecular weight excluding hydrogens is 288 g/mol. The van der Waals surface area contributed by atoms with Gasteiger partial charge in [0.05, 0.1) is 6.61 Å². The maximum atomic E-state index is 11.8.